The van der Waals surface area contributed by atoms with Gasteiger partial charge >= 0.3 is 5.91 Å². The Kier molecular flexibility index (Phi) is 9.19. The topological polar surface area (TPSA) is 102 Å². The third kappa shape index (κ3) is 6.32. The van der Waals surface area contributed by atoms with Crippen LogP contribution in [-0.4, -0.2) is 40.2 Å². The molecule has 1 unspecified atom stereocenters. The molecular formula is C31H28FN3O5S2. The standard InChI is InChI=1S/C31H28FN3O5S2/c1-3-16-40-24-7-5-6-21(17-24)26-25(27(36)20-10-14-23(15-11-20)39-4-2)28(37)29(38)35(26)30-33-34-31(42-30)41-18-19-8-12-22(32)13-9-19/h5-15,17,26,36H,3-4,16,18H2,1-2H3. The van der Waals surface area contributed by atoms with Gasteiger partial charge < -0.3 is 14.6 Å². The molecule has 8 nitrogen and oxygen atoms in total. The third-order valence-electron chi connectivity index (χ3n) is 6.41. The molecule has 2 heterocycles. The number of benzene rings is 3. The van der Waals surface area contributed by atoms with Gasteiger partial charge in [0.15, 0.2) is 4.34 Å². The smallest absolute Gasteiger partial charge is 0.301 e. The number of hydrogen-bond acceptors (Lipinski definition) is 9. The molecule has 1 N–H and O–H groups in total. The number of carbonyl (C=O) groups excluding carboxylic acids is 2. The van der Waals surface area contributed by atoms with E-state index < -0.39 is 17.7 Å². The van der Waals surface area contributed by atoms with Gasteiger partial charge in [-0.3, -0.25) is 14.5 Å². The van der Waals surface area contributed by atoms with Crippen LogP contribution in [0.5, 0.6) is 11.5 Å². The number of nitrogens with zero attached hydrogens (tertiary/aromatic N) is 3. The van der Waals surface area contributed by atoms with Crippen molar-refractivity contribution in [1.29, 1.82) is 0 Å². The van der Waals surface area contributed by atoms with Crippen LogP contribution >= 0.6 is 23.1 Å². The third-order valence-corrected chi connectivity index (χ3v) is 8.53. The highest BCUT2D eigenvalue weighted by atomic mass is 32.2. The highest BCUT2D eigenvalue weighted by Gasteiger charge is 2.48. The zero-order valence-corrected chi connectivity index (χ0v) is 24.6. The Labute approximate surface area is 250 Å². The molecule has 0 aliphatic carbocycles. The largest absolute Gasteiger partial charge is 0.507 e. The van der Waals surface area contributed by atoms with E-state index in [1.54, 1.807) is 60.7 Å². The average molecular weight is 606 g/mol. The fourth-order valence-electron chi connectivity index (χ4n) is 4.45. The number of rotatable bonds is 11. The summed E-state index contributed by atoms with van der Waals surface area (Å²) in [6.07, 6.45) is 0.809. The van der Waals surface area contributed by atoms with Gasteiger partial charge in [-0.2, -0.15) is 0 Å². The van der Waals surface area contributed by atoms with Crippen molar-refractivity contribution >= 4 is 45.7 Å². The van der Waals surface area contributed by atoms with Gasteiger partial charge in [-0.15, -0.1) is 10.2 Å². The van der Waals surface area contributed by atoms with E-state index in [-0.39, 0.29) is 22.3 Å². The van der Waals surface area contributed by atoms with Crippen LogP contribution < -0.4 is 14.4 Å². The first kappa shape index (κ1) is 29.3. The first-order chi connectivity index (χ1) is 20.4. The zero-order valence-electron chi connectivity index (χ0n) is 23.0. The molecule has 11 heteroatoms. The lowest BCUT2D eigenvalue weighted by molar-refractivity contribution is -0.132. The van der Waals surface area contributed by atoms with Gasteiger partial charge in [-0.25, -0.2) is 4.39 Å². The molecule has 42 heavy (non-hydrogen) atoms. The summed E-state index contributed by atoms with van der Waals surface area (Å²) >= 11 is 2.54. The van der Waals surface area contributed by atoms with E-state index in [2.05, 4.69) is 10.2 Å². The maximum atomic E-state index is 13.5. The quantitative estimate of drug-likeness (QED) is 0.0656. The van der Waals surface area contributed by atoms with Crippen molar-refractivity contribution < 1.29 is 28.6 Å². The van der Waals surface area contributed by atoms with Gasteiger partial charge in [-0.1, -0.05) is 54.3 Å². The molecule has 1 amide bonds. The summed E-state index contributed by atoms with van der Waals surface area (Å²) in [6.45, 7) is 4.85. The van der Waals surface area contributed by atoms with Gasteiger partial charge in [-0.05, 0) is 73.0 Å². The predicted octanol–water partition coefficient (Wildman–Crippen LogP) is 6.78. The van der Waals surface area contributed by atoms with Crippen LogP contribution in [0.25, 0.3) is 5.76 Å². The monoisotopic (exact) mass is 605 g/mol. The predicted molar refractivity (Wildman–Crippen MR) is 160 cm³/mol. The number of Topliss-reactive ketones (excluding diaryl/α,β-unsaturated/α-hetero) is 1. The van der Waals surface area contributed by atoms with E-state index in [4.69, 9.17) is 9.47 Å². The second kappa shape index (κ2) is 13.2. The minimum atomic E-state index is -0.968. The molecule has 0 saturated carbocycles. The Morgan fingerprint density at radius 1 is 1.00 bits per heavy atom. The Balaban J connectivity index is 1.53. The molecule has 0 bridgehead atoms. The summed E-state index contributed by atoms with van der Waals surface area (Å²) in [7, 11) is 0. The molecule has 1 saturated heterocycles. The Bertz CT molecular complexity index is 1610. The highest BCUT2D eigenvalue weighted by molar-refractivity contribution is 8.00. The lowest BCUT2D eigenvalue weighted by Gasteiger charge is -2.23. The molecular weight excluding hydrogens is 577 g/mol. The molecule has 1 aliphatic heterocycles. The zero-order chi connectivity index (χ0) is 29.6. The van der Waals surface area contributed by atoms with Crippen LogP contribution in [0, 0.1) is 5.82 Å². The Hall–Kier alpha value is -4.22. The number of thioether (sulfide) groups is 1. The van der Waals surface area contributed by atoms with Crippen molar-refractivity contribution in [1.82, 2.24) is 10.2 Å². The Morgan fingerprint density at radius 2 is 1.76 bits per heavy atom. The van der Waals surface area contributed by atoms with Crippen LogP contribution in [0.1, 0.15) is 43.0 Å². The number of ether oxygens (including phenoxy) is 2. The fraction of sp³-hybridized carbons (Fsp3) is 0.226. The van der Waals surface area contributed by atoms with Crippen LogP contribution in [0.15, 0.2) is 82.7 Å². The maximum absolute atomic E-state index is 13.5. The van der Waals surface area contributed by atoms with Crippen LogP contribution in [-0.2, 0) is 15.3 Å². The SMILES string of the molecule is CCCOc1cccc(C2C(=C(O)c3ccc(OCC)cc3)C(=O)C(=O)N2c2nnc(SCc3ccc(F)cc3)s2)c1. The van der Waals surface area contributed by atoms with E-state index in [0.29, 0.717) is 45.9 Å². The Morgan fingerprint density at radius 3 is 2.48 bits per heavy atom. The van der Waals surface area contributed by atoms with Crippen molar-refractivity contribution in [2.75, 3.05) is 18.1 Å². The van der Waals surface area contributed by atoms with Crippen molar-refractivity contribution in [2.24, 2.45) is 0 Å². The first-order valence-electron chi connectivity index (χ1n) is 13.4. The van der Waals surface area contributed by atoms with Crippen LogP contribution in [0.4, 0.5) is 9.52 Å². The number of ketones is 1. The number of carbonyl (C=O) groups is 2. The van der Waals surface area contributed by atoms with Crippen molar-refractivity contribution in [2.45, 2.75) is 36.4 Å². The van der Waals surface area contributed by atoms with E-state index in [9.17, 15) is 19.1 Å². The summed E-state index contributed by atoms with van der Waals surface area (Å²) in [5, 5.41) is 20.1. The minimum Gasteiger partial charge on any atom is -0.507 e. The molecule has 216 valence electrons. The lowest BCUT2D eigenvalue weighted by Crippen LogP contribution is -2.29. The number of hydrogen-bond donors (Lipinski definition) is 1. The number of aromatic nitrogens is 2. The summed E-state index contributed by atoms with van der Waals surface area (Å²) in [5.41, 5.74) is 1.78. The van der Waals surface area contributed by atoms with Gasteiger partial charge in [0.25, 0.3) is 5.78 Å². The summed E-state index contributed by atoms with van der Waals surface area (Å²) in [5.74, 6) is -0.558. The molecule has 3 aromatic carbocycles. The molecule has 5 rings (SSSR count). The molecule has 4 aromatic rings. The molecule has 1 fully saturated rings. The number of halogens is 1. The fourth-order valence-corrected chi connectivity index (χ4v) is 6.28. The molecule has 0 radical (unpaired) electrons. The van der Waals surface area contributed by atoms with Crippen molar-refractivity contribution in [3.05, 3.63) is 101 Å². The normalized spacial score (nSPS) is 16.2. The number of aliphatic hydroxyl groups excluding tert-OH is 1. The van der Waals surface area contributed by atoms with Crippen molar-refractivity contribution in [3.8, 4) is 11.5 Å². The van der Waals surface area contributed by atoms with Crippen LogP contribution in [0.3, 0.4) is 0 Å². The highest BCUT2D eigenvalue weighted by Crippen LogP contribution is 2.44. The van der Waals surface area contributed by atoms with Crippen molar-refractivity contribution in [3.63, 3.8) is 0 Å². The molecule has 1 aliphatic rings. The lowest BCUT2D eigenvalue weighted by atomic mass is 9.95. The summed E-state index contributed by atoms with van der Waals surface area (Å²) in [4.78, 5) is 28.3. The van der Waals surface area contributed by atoms with E-state index in [0.717, 1.165) is 23.3 Å². The van der Waals surface area contributed by atoms with Gasteiger partial charge in [0.1, 0.15) is 23.1 Å². The molecule has 1 atom stereocenters. The maximum Gasteiger partial charge on any atom is 0.301 e. The molecule has 1 aromatic heterocycles. The average Bonchev–Trinajstić information content (AvgIpc) is 3.58. The summed E-state index contributed by atoms with van der Waals surface area (Å²) in [6, 6.07) is 19.0. The van der Waals surface area contributed by atoms with E-state index in [1.165, 1.54) is 28.8 Å². The minimum absolute atomic E-state index is 0.0625. The number of amides is 1. The van der Waals surface area contributed by atoms with Gasteiger partial charge in [0.2, 0.25) is 5.13 Å². The second-order valence-electron chi connectivity index (χ2n) is 9.31. The van der Waals surface area contributed by atoms with Crippen LogP contribution in [0.2, 0.25) is 0 Å². The first-order valence-corrected chi connectivity index (χ1v) is 15.2. The number of aliphatic hydroxyl groups is 1. The van der Waals surface area contributed by atoms with E-state index in [1.807, 2.05) is 13.8 Å². The van der Waals surface area contributed by atoms with E-state index >= 15 is 0 Å². The second-order valence-corrected chi connectivity index (χ2v) is 11.5. The summed E-state index contributed by atoms with van der Waals surface area (Å²) < 4.78 is 25.2. The van der Waals surface area contributed by atoms with Gasteiger partial charge in [0.05, 0.1) is 24.8 Å². The molecule has 0 spiro atoms. The number of anilines is 1. The van der Waals surface area contributed by atoms with Gasteiger partial charge in [0, 0.05) is 11.3 Å².